The molecule has 1 saturated carbocycles. The standard InChI is InChI=1S/C15H21BrO2/c1-11-5-7-15(18,8-6-11)14(17)10-12-3-2-4-13(16)9-12/h2-4,9,11,14,17-18H,5-8,10H2,1H3. The molecule has 1 unspecified atom stereocenters. The van der Waals surface area contributed by atoms with Gasteiger partial charge in [-0.05, 0) is 49.3 Å². The Hall–Kier alpha value is -0.380. The number of hydrogen-bond donors (Lipinski definition) is 2. The third kappa shape index (κ3) is 3.34. The molecule has 100 valence electrons. The number of benzene rings is 1. The van der Waals surface area contributed by atoms with Crippen LogP contribution in [-0.4, -0.2) is 21.9 Å². The highest BCUT2D eigenvalue weighted by Crippen LogP contribution is 2.35. The molecule has 1 atom stereocenters. The molecule has 0 heterocycles. The summed E-state index contributed by atoms with van der Waals surface area (Å²) in [4.78, 5) is 0. The van der Waals surface area contributed by atoms with Crippen LogP contribution in [0.1, 0.15) is 38.2 Å². The van der Waals surface area contributed by atoms with E-state index in [4.69, 9.17) is 0 Å². The average Bonchev–Trinajstić information content (AvgIpc) is 2.33. The van der Waals surface area contributed by atoms with Crippen molar-refractivity contribution in [3.8, 4) is 0 Å². The lowest BCUT2D eigenvalue weighted by Gasteiger charge is -2.38. The van der Waals surface area contributed by atoms with E-state index in [9.17, 15) is 10.2 Å². The summed E-state index contributed by atoms with van der Waals surface area (Å²) < 4.78 is 1.01. The van der Waals surface area contributed by atoms with Crippen LogP contribution >= 0.6 is 15.9 Å². The summed E-state index contributed by atoms with van der Waals surface area (Å²) in [5.74, 6) is 0.670. The van der Waals surface area contributed by atoms with Gasteiger partial charge in [-0.25, -0.2) is 0 Å². The van der Waals surface area contributed by atoms with Crippen molar-refractivity contribution < 1.29 is 10.2 Å². The molecule has 3 heteroatoms. The Morgan fingerprint density at radius 1 is 1.39 bits per heavy atom. The highest BCUT2D eigenvalue weighted by atomic mass is 79.9. The Bertz CT molecular complexity index is 397. The van der Waals surface area contributed by atoms with E-state index in [1.54, 1.807) is 0 Å². The molecule has 0 aromatic heterocycles. The smallest absolute Gasteiger partial charge is 0.0908 e. The second-order valence-electron chi connectivity index (χ2n) is 5.64. The minimum Gasteiger partial charge on any atom is -0.390 e. The minimum atomic E-state index is -0.894. The first kappa shape index (κ1) is 14.0. The first-order valence-electron chi connectivity index (χ1n) is 6.64. The number of rotatable bonds is 3. The molecule has 0 spiro atoms. The van der Waals surface area contributed by atoms with Crippen molar-refractivity contribution in [1.29, 1.82) is 0 Å². The van der Waals surface area contributed by atoms with Crippen molar-refractivity contribution in [2.45, 2.75) is 50.7 Å². The minimum absolute atomic E-state index is 0.518. The van der Waals surface area contributed by atoms with Crippen LogP contribution in [0.3, 0.4) is 0 Å². The van der Waals surface area contributed by atoms with E-state index in [0.29, 0.717) is 25.2 Å². The molecule has 1 aliphatic carbocycles. The van der Waals surface area contributed by atoms with Gasteiger partial charge in [0.25, 0.3) is 0 Å². The van der Waals surface area contributed by atoms with Crippen LogP contribution in [0, 0.1) is 5.92 Å². The normalized spacial score (nSPS) is 30.1. The second-order valence-corrected chi connectivity index (χ2v) is 6.55. The average molecular weight is 313 g/mol. The monoisotopic (exact) mass is 312 g/mol. The summed E-state index contributed by atoms with van der Waals surface area (Å²) in [7, 11) is 0. The van der Waals surface area contributed by atoms with Gasteiger partial charge in [-0.1, -0.05) is 35.0 Å². The molecule has 2 N–H and O–H groups in total. The van der Waals surface area contributed by atoms with Crippen LogP contribution in [0.5, 0.6) is 0 Å². The molecule has 2 nitrogen and oxygen atoms in total. The quantitative estimate of drug-likeness (QED) is 0.899. The molecule has 18 heavy (non-hydrogen) atoms. The Morgan fingerprint density at radius 2 is 2.06 bits per heavy atom. The van der Waals surface area contributed by atoms with E-state index < -0.39 is 11.7 Å². The molecule has 2 rings (SSSR count). The Balaban J connectivity index is 2.01. The molecule has 0 saturated heterocycles. The number of aliphatic hydroxyl groups excluding tert-OH is 1. The molecule has 0 aliphatic heterocycles. The second kappa shape index (κ2) is 5.72. The van der Waals surface area contributed by atoms with Gasteiger partial charge >= 0.3 is 0 Å². The van der Waals surface area contributed by atoms with E-state index >= 15 is 0 Å². The van der Waals surface area contributed by atoms with E-state index in [1.807, 2.05) is 24.3 Å². The van der Waals surface area contributed by atoms with E-state index in [2.05, 4.69) is 22.9 Å². The number of halogens is 1. The Labute approximate surface area is 117 Å². The van der Waals surface area contributed by atoms with Crippen molar-refractivity contribution in [3.05, 3.63) is 34.3 Å². The first-order chi connectivity index (χ1) is 8.49. The summed E-state index contributed by atoms with van der Waals surface area (Å²) in [5.41, 5.74) is 0.165. The van der Waals surface area contributed by atoms with Crippen molar-refractivity contribution in [1.82, 2.24) is 0 Å². The molecule has 1 fully saturated rings. The first-order valence-corrected chi connectivity index (χ1v) is 7.44. The number of hydrogen-bond acceptors (Lipinski definition) is 2. The summed E-state index contributed by atoms with van der Waals surface area (Å²) >= 11 is 3.43. The van der Waals surface area contributed by atoms with Crippen LogP contribution < -0.4 is 0 Å². The SMILES string of the molecule is CC1CCC(O)(C(O)Cc2cccc(Br)c2)CC1. The van der Waals surface area contributed by atoms with Gasteiger partial charge in [0.1, 0.15) is 0 Å². The summed E-state index contributed by atoms with van der Waals surface area (Å²) in [5, 5.41) is 20.8. The van der Waals surface area contributed by atoms with Crippen LogP contribution in [-0.2, 0) is 6.42 Å². The van der Waals surface area contributed by atoms with Gasteiger partial charge in [-0.2, -0.15) is 0 Å². The fourth-order valence-electron chi connectivity index (χ4n) is 2.67. The lowest BCUT2D eigenvalue weighted by molar-refractivity contribution is -0.102. The molecule has 1 aliphatic rings. The maximum atomic E-state index is 10.5. The van der Waals surface area contributed by atoms with E-state index in [-0.39, 0.29) is 0 Å². The molecule has 1 aromatic carbocycles. The third-order valence-electron chi connectivity index (χ3n) is 4.08. The van der Waals surface area contributed by atoms with E-state index in [1.165, 1.54) is 0 Å². The van der Waals surface area contributed by atoms with Crippen molar-refractivity contribution in [3.63, 3.8) is 0 Å². The highest BCUT2D eigenvalue weighted by Gasteiger charge is 2.38. The van der Waals surface area contributed by atoms with Crippen LogP contribution in [0.25, 0.3) is 0 Å². The fourth-order valence-corrected chi connectivity index (χ4v) is 3.12. The van der Waals surface area contributed by atoms with Crippen molar-refractivity contribution in [2.75, 3.05) is 0 Å². The van der Waals surface area contributed by atoms with E-state index in [0.717, 1.165) is 22.9 Å². The summed E-state index contributed by atoms with van der Waals surface area (Å²) in [6, 6.07) is 7.91. The molecule has 0 amide bonds. The molecule has 0 radical (unpaired) electrons. The van der Waals surface area contributed by atoms with Crippen molar-refractivity contribution in [2.24, 2.45) is 5.92 Å². The highest BCUT2D eigenvalue weighted by molar-refractivity contribution is 9.10. The maximum absolute atomic E-state index is 10.5. The zero-order valence-corrected chi connectivity index (χ0v) is 12.4. The zero-order valence-electron chi connectivity index (χ0n) is 10.8. The van der Waals surface area contributed by atoms with Gasteiger partial charge < -0.3 is 10.2 Å². The van der Waals surface area contributed by atoms with Crippen molar-refractivity contribution >= 4 is 15.9 Å². The van der Waals surface area contributed by atoms with Gasteiger partial charge in [-0.3, -0.25) is 0 Å². The summed E-state index contributed by atoms with van der Waals surface area (Å²) in [6.07, 6.45) is 3.29. The molecule has 1 aromatic rings. The zero-order chi connectivity index (χ0) is 13.2. The topological polar surface area (TPSA) is 40.5 Å². The third-order valence-corrected chi connectivity index (χ3v) is 4.57. The molecule has 0 bridgehead atoms. The predicted molar refractivity (Wildman–Crippen MR) is 76.4 cm³/mol. The fraction of sp³-hybridized carbons (Fsp3) is 0.600. The van der Waals surface area contributed by atoms with Gasteiger partial charge in [0, 0.05) is 10.9 Å². The van der Waals surface area contributed by atoms with Crippen LogP contribution in [0.4, 0.5) is 0 Å². The van der Waals surface area contributed by atoms with Gasteiger partial charge in [0.15, 0.2) is 0 Å². The maximum Gasteiger partial charge on any atom is 0.0908 e. The van der Waals surface area contributed by atoms with Crippen LogP contribution in [0.2, 0.25) is 0 Å². The number of aliphatic hydroxyl groups is 2. The Morgan fingerprint density at radius 3 is 2.67 bits per heavy atom. The Kier molecular flexibility index (Phi) is 4.46. The van der Waals surface area contributed by atoms with Crippen LogP contribution in [0.15, 0.2) is 28.7 Å². The largest absolute Gasteiger partial charge is 0.390 e. The molecular weight excluding hydrogens is 292 g/mol. The lowest BCUT2D eigenvalue weighted by atomic mass is 9.75. The van der Waals surface area contributed by atoms with Gasteiger partial charge in [-0.15, -0.1) is 0 Å². The lowest BCUT2D eigenvalue weighted by Crippen LogP contribution is -2.46. The molecular formula is C15H21BrO2. The van der Waals surface area contributed by atoms with Gasteiger partial charge in [0.2, 0.25) is 0 Å². The summed E-state index contributed by atoms with van der Waals surface area (Å²) in [6.45, 7) is 2.21. The van der Waals surface area contributed by atoms with Gasteiger partial charge in [0.05, 0.1) is 11.7 Å². The predicted octanol–water partition coefficient (Wildman–Crippen LogP) is 3.29.